The Bertz CT molecular complexity index is 1170. The minimum Gasteiger partial charge on any atom is -0.376 e. The first kappa shape index (κ1) is 22.5. The number of anilines is 1. The van der Waals surface area contributed by atoms with E-state index in [0.29, 0.717) is 17.8 Å². The van der Waals surface area contributed by atoms with Gasteiger partial charge in [-0.25, -0.2) is 4.68 Å². The number of nitrogens with zero attached hydrogens (tertiary/aromatic N) is 1. The second kappa shape index (κ2) is 9.85. The van der Waals surface area contributed by atoms with Gasteiger partial charge in [-0.3, -0.25) is 19.8 Å². The van der Waals surface area contributed by atoms with Gasteiger partial charge in [-0.2, -0.15) is 0 Å². The number of nitrogens with one attached hydrogen (secondary N) is 3. The topological polar surface area (TPSA) is 101 Å². The van der Waals surface area contributed by atoms with E-state index in [4.69, 9.17) is 4.74 Å². The summed E-state index contributed by atoms with van der Waals surface area (Å²) in [5.41, 5.74) is 3.90. The van der Waals surface area contributed by atoms with Crippen LogP contribution in [0.2, 0.25) is 0 Å². The molecule has 3 aromatic rings. The van der Waals surface area contributed by atoms with Gasteiger partial charge in [0.15, 0.2) is 0 Å². The van der Waals surface area contributed by atoms with Crippen LogP contribution in [-0.2, 0) is 14.3 Å². The lowest BCUT2D eigenvalue weighted by molar-refractivity contribution is -0.136. The third kappa shape index (κ3) is 5.20. The van der Waals surface area contributed by atoms with Crippen LogP contribution in [-0.4, -0.2) is 41.7 Å². The SMILES string of the molecule is O=C(NC[C@H]1CCCO1)C(=O)Nn1c(C(=O)Nc2ccc(Br)cc2)cc2cc(Br)ccc21. The molecule has 1 saturated heterocycles. The Morgan fingerprint density at radius 1 is 1.00 bits per heavy atom. The molecule has 0 aliphatic carbocycles. The lowest BCUT2D eigenvalue weighted by atomic mass is 10.2. The van der Waals surface area contributed by atoms with Crippen molar-refractivity contribution in [2.24, 2.45) is 0 Å². The number of hydrogen-bond acceptors (Lipinski definition) is 4. The first-order chi connectivity index (χ1) is 15.4. The number of ether oxygens (including phenoxy) is 1. The normalized spacial score (nSPS) is 15.5. The van der Waals surface area contributed by atoms with Crippen LogP contribution in [0.5, 0.6) is 0 Å². The zero-order valence-corrected chi connectivity index (χ0v) is 20.0. The van der Waals surface area contributed by atoms with Gasteiger partial charge in [0, 0.05) is 33.2 Å². The van der Waals surface area contributed by atoms with Gasteiger partial charge in [-0.1, -0.05) is 31.9 Å². The fourth-order valence-corrected chi connectivity index (χ4v) is 4.09. The van der Waals surface area contributed by atoms with Crippen LogP contribution in [0.15, 0.2) is 57.5 Å². The van der Waals surface area contributed by atoms with Crippen LogP contribution in [0.1, 0.15) is 23.3 Å². The third-order valence-corrected chi connectivity index (χ3v) is 6.05. The highest BCUT2D eigenvalue weighted by molar-refractivity contribution is 9.10. The van der Waals surface area contributed by atoms with Gasteiger partial charge in [0.05, 0.1) is 11.6 Å². The molecule has 166 valence electrons. The van der Waals surface area contributed by atoms with Crippen LogP contribution in [0.3, 0.4) is 0 Å². The summed E-state index contributed by atoms with van der Waals surface area (Å²) >= 11 is 6.77. The van der Waals surface area contributed by atoms with Crippen molar-refractivity contribution in [3.05, 3.63) is 63.2 Å². The summed E-state index contributed by atoms with van der Waals surface area (Å²) in [4.78, 5) is 37.9. The van der Waals surface area contributed by atoms with Crippen molar-refractivity contribution in [2.45, 2.75) is 18.9 Å². The number of rotatable bonds is 5. The molecule has 1 aromatic heterocycles. The zero-order chi connectivity index (χ0) is 22.7. The Morgan fingerprint density at radius 3 is 2.47 bits per heavy atom. The molecule has 0 spiro atoms. The largest absolute Gasteiger partial charge is 0.376 e. The standard InChI is InChI=1S/C22H20Br2N4O4/c23-14-3-6-16(7-4-14)26-20(29)19-11-13-10-15(24)5-8-18(13)28(19)27-22(31)21(30)25-12-17-2-1-9-32-17/h3-8,10-11,17H,1-2,9,12H2,(H,25,30)(H,26,29)(H,27,31)/t17-/m1/s1. The van der Waals surface area contributed by atoms with Crippen molar-refractivity contribution in [3.63, 3.8) is 0 Å². The van der Waals surface area contributed by atoms with Crippen LogP contribution in [0.25, 0.3) is 10.9 Å². The molecule has 3 amide bonds. The number of halogens is 2. The fourth-order valence-electron chi connectivity index (χ4n) is 3.45. The average molecular weight is 564 g/mol. The summed E-state index contributed by atoms with van der Waals surface area (Å²) < 4.78 is 8.49. The molecule has 0 unspecified atom stereocenters. The van der Waals surface area contributed by atoms with Crippen molar-refractivity contribution in [1.29, 1.82) is 0 Å². The molecule has 1 aliphatic heterocycles. The summed E-state index contributed by atoms with van der Waals surface area (Å²) in [6.07, 6.45) is 1.71. The summed E-state index contributed by atoms with van der Waals surface area (Å²) in [5, 5.41) is 6.11. The number of amides is 3. The maximum atomic E-state index is 13.0. The monoisotopic (exact) mass is 562 g/mol. The van der Waals surface area contributed by atoms with Crippen LogP contribution in [0, 0.1) is 0 Å². The second-order valence-electron chi connectivity index (χ2n) is 7.32. The highest BCUT2D eigenvalue weighted by Gasteiger charge is 2.23. The summed E-state index contributed by atoms with van der Waals surface area (Å²) in [6, 6.07) is 14.1. The molecule has 1 fully saturated rings. The van der Waals surface area contributed by atoms with E-state index in [2.05, 4.69) is 47.9 Å². The first-order valence-electron chi connectivity index (χ1n) is 9.99. The number of aromatic nitrogens is 1. The van der Waals surface area contributed by atoms with E-state index in [1.165, 1.54) is 4.68 Å². The van der Waals surface area contributed by atoms with E-state index in [-0.39, 0.29) is 18.3 Å². The molecule has 4 rings (SSSR count). The molecular weight excluding hydrogens is 544 g/mol. The zero-order valence-electron chi connectivity index (χ0n) is 16.9. The lowest BCUT2D eigenvalue weighted by Gasteiger charge is -2.14. The average Bonchev–Trinajstić information content (AvgIpc) is 3.41. The molecule has 32 heavy (non-hydrogen) atoms. The fraction of sp³-hybridized carbons (Fsp3) is 0.227. The summed E-state index contributed by atoms with van der Waals surface area (Å²) in [7, 11) is 0. The van der Waals surface area contributed by atoms with Crippen molar-refractivity contribution in [1.82, 2.24) is 9.99 Å². The molecule has 1 atom stereocenters. The van der Waals surface area contributed by atoms with Gasteiger partial charge in [-0.05, 0) is 61.4 Å². The van der Waals surface area contributed by atoms with Crippen molar-refractivity contribution in [2.75, 3.05) is 23.9 Å². The van der Waals surface area contributed by atoms with Gasteiger partial charge in [-0.15, -0.1) is 0 Å². The highest BCUT2D eigenvalue weighted by atomic mass is 79.9. The molecule has 0 saturated carbocycles. The quantitative estimate of drug-likeness (QED) is 0.411. The summed E-state index contributed by atoms with van der Waals surface area (Å²) in [6.45, 7) is 0.928. The maximum Gasteiger partial charge on any atom is 0.328 e. The lowest BCUT2D eigenvalue weighted by Crippen LogP contribution is -2.42. The van der Waals surface area contributed by atoms with Crippen LogP contribution in [0.4, 0.5) is 5.69 Å². The Balaban J connectivity index is 1.56. The molecule has 10 heteroatoms. The number of fused-ring (bicyclic) bond motifs is 1. The van der Waals surface area contributed by atoms with E-state index in [9.17, 15) is 14.4 Å². The predicted molar refractivity (Wildman–Crippen MR) is 128 cm³/mol. The van der Waals surface area contributed by atoms with E-state index >= 15 is 0 Å². The molecule has 2 heterocycles. The molecular formula is C22H20Br2N4O4. The van der Waals surface area contributed by atoms with Gasteiger partial charge in [0.2, 0.25) is 0 Å². The van der Waals surface area contributed by atoms with Crippen molar-refractivity contribution >= 4 is 66.2 Å². The Hall–Kier alpha value is -2.69. The molecule has 0 bridgehead atoms. The van der Waals surface area contributed by atoms with Crippen molar-refractivity contribution in [3.8, 4) is 0 Å². The number of carbonyl (C=O) groups excluding carboxylic acids is 3. The van der Waals surface area contributed by atoms with E-state index in [1.54, 1.807) is 30.3 Å². The van der Waals surface area contributed by atoms with Crippen molar-refractivity contribution < 1.29 is 19.1 Å². The Kier molecular flexibility index (Phi) is 6.92. The second-order valence-corrected chi connectivity index (χ2v) is 9.15. The first-order valence-corrected chi connectivity index (χ1v) is 11.6. The number of carbonyl (C=O) groups is 3. The maximum absolute atomic E-state index is 13.0. The highest BCUT2D eigenvalue weighted by Crippen LogP contribution is 2.24. The number of benzene rings is 2. The van der Waals surface area contributed by atoms with Gasteiger partial charge >= 0.3 is 11.8 Å². The van der Waals surface area contributed by atoms with E-state index in [0.717, 1.165) is 27.2 Å². The van der Waals surface area contributed by atoms with E-state index < -0.39 is 17.7 Å². The molecule has 3 N–H and O–H groups in total. The molecule has 8 nitrogen and oxygen atoms in total. The van der Waals surface area contributed by atoms with Crippen LogP contribution >= 0.6 is 31.9 Å². The van der Waals surface area contributed by atoms with E-state index in [1.807, 2.05) is 18.2 Å². The number of hydrogen-bond donors (Lipinski definition) is 3. The third-order valence-electron chi connectivity index (χ3n) is 5.03. The van der Waals surface area contributed by atoms with Gasteiger partial charge in [0.1, 0.15) is 5.69 Å². The predicted octanol–water partition coefficient (Wildman–Crippen LogP) is 3.78. The molecule has 0 radical (unpaired) electrons. The molecule has 2 aromatic carbocycles. The van der Waals surface area contributed by atoms with Gasteiger partial charge < -0.3 is 15.4 Å². The minimum atomic E-state index is -0.874. The van der Waals surface area contributed by atoms with Gasteiger partial charge in [0.25, 0.3) is 5.91 Å². The summed E-state index contributed by atoms with van der Waals surface area (Å²) in [5.74, 6) is -2.10. The minimum absolute atomic E-state index is 0.0799. The molecule has 1 aliphatic rings. The van der Waals surface area contributed by atoms with Crippen LogP contribution < -0.4 is 16.1 Å². The Morgan fingerprint density at radius 2 is 1.75 bits per heavy atom. The smallest absolute Gasteiger partial charge is 0.328 e. The Labute approximate surface area is 200 Å².